The van der Waals surface area contributed by atoms with Crippen LogP contribution in [-0.4, -0.2) is 34.7 Å². The SMILES string of the molecule is COc1ccc(CN(C)C(=O)c2nn(-c3cccc(C(F)(F)F)c3)c(C)cc2=O)cc1F. The van der Waals surface area contributed by atoms with Gasteiger partial charge in [-0.2, -0.15) is 18.3 Å². The molecule has 0 saturated heterocycles. The fourth-order valence-corrected chi connectivity index (χ4v) is 3.11. The van der Waals surface area contributed by atoms with Gasteiger partial charge in [0.15, 0.2) is 17.3 Å². The number of alkyl halides is 3. The molecule has 32 heavy (non-hydrogen) atoms. The minimum Gasteiger partial charge on any atom is -0.494 e. The van der Waals surface area contributed by atoms with Crippen molar-refractivity contribution in [2.75, 3.05) is 14.2 Å². The maximum absolute atomic E-state index is 13.9. The molecule has 2 aromatic carbocycles. The standard InChI is InChI=1S/C22H19F4N3O3/c1-13-9-18(30)20(27-29(13)16-6-4-5-15(11-16)22(24,25)26)21(31)28(2)12-14-7-8-19(32-3)17(23)10-14/h4-11H,12H2,1-3H3. The lowest BCUT2D eigenvalue weighted by Gasteiger charge is -2.18. The third-order valence-electron chi connectivity index (χ3n) is 4.71. The highest BCUT2D eigenvalue weighted by Gasteiger charge is 2.30. The monoisotopic (exact) mass is 449 g/mol. The fraction of sp³-hybridized carbons (Fsp3) is 0.227. The van der Waals surface area contributed by atoms with E-state index in [9.17, 15) is 27.2 Å². The zero-order chi connectivity index (χ0) is 23.6. The van der Waals surface area contributed by atoms with Gasteiger partial charge in [-0.1, -0.05) is 12.1 Å². The average Bonchev–Trinajstić information content (AvgIpc) is 2.73. The zero-order valence-electron chi connectivity index (χ0n) is 17.4. The molecule has 1 heterocycles. The number of hydrogen-bond donors (Lipinski definition) is 0. The largest absolute Gasteiger partial charge is 0.494 e. The highest BCUT2D eigenvalue weighted by Crippen LogP contribution is 2.30. The zero-order valence-corrected chi connectivity index (χ0v) is 17.4. The van der Waals surface area contributed by atoms with Crippen LogP contribution in [0.5, 0.6) is 5.75 Å². The maximum atomic E-state index is 13.9. The molecule has 0 spiro atoms. The summed E-state index contributed by atoms with van der Waals surface area (Å²) < 4.78 is 59.1. The van der Waals surface area contributed by atoms with Gasteiger partial charge in [0.1, 0.15) is 0 Å². The molecule has 1 amide bonds. The molecule has 3 rings (SSSR count). The first-order valence-electron chi connectivity index (χ1n) is 9.37. The summed E-state index contributed by atoms with van der Waals surface area (Å²) in [5.41, 5.74) is -1.28. The predicted octanol–water partition coefficient (Wildman–Crippen LogP) is 3.98. The molecule has 168 valence electrons. The van der Waals surface area contributed by atoms with Crippen molar-refractivity contribution in [3.8, 4) is 11.4 Å². The Morgan fingerprint density at radius 3 is 2.50 bits per heavy atom. The van der Waals surface area contributed by atoms with Gasteiger partial charge in [0.2, 0.25) is 5.43 Å². The van der Waals surface area contributed by atoms with Crippen LogP contribution in [0.3, 0.4) is 0 Å². The third kappa shape index (κ3) is 4.79. The van der Waals surface area contributed by atoms with E-state index in [0.29, 0.717) is 5.56 Å². The van der Waals surface area contributed by atoms with Crippen molar-refractivity contribution in [1.29, 1.82) is 0 Å². The van der Waals surface area contributed by atoms with Crippen LogP contribution >= 0.6 is 0 Å². The molecule has 6 nitrogen and oxygen atoms in total. The van der Waals surface area contributed by atoms with Gasteiger partial charge >= 0.3 is 6.18 Å². The van der Waals surface area contributed by atoms with Crippen molar-refractivity contribution in [2.24, 2.45) is 0 Å². The van der Waals surface area contributed by atoms with Crippen LogP contribution in [0, 0.1) is 12.7 Å². The molecular weight excluding hydrogens is 430 g/mol. The molecule has 0 aliphatic rings. The lowest BCUT2D eigenvalue weighted by atomic mass is 10.2. The lowest BCUT2D eigenvalue weighted by molar-refractivity contribution is -0.137. The molecule has 0 aliphatic heterocycles. The van der Waals surface area contributed by atoms with Crippen molar-refractivity contribution in [3.05, 3.63) is 87.1 Å². The van der Waals surface area contributed by atoms with E-state index in [4.69, 9.17) is 4.74 Å². The van der Waals surface area contributed by atoms with E-state index < -0.39 is 34.6 Å². The Bertz CT molecular complexity index is 1220. The highest BCUT2D eigenvalue weighted by molar-refractivity contribution is 5.91. The first-order valence-corrected chi connectivity index (χ1v) is 9.37. The summed E-state index contributed by atoms with van der Waals surface area (Å²) in [4.78, 5) is 26.4. The van der Waals surface area contributed by atoms with Gasteiger partial charge in [-0.3, -0.25) is 9.59 Å². The molecule has 0 unspecified atom stereocenters. The number of benzene rings is 2. The molecule has 0 radical (unpaired) electrons. The number of carbonyl (C=O) groups is 1. The molecule has 0 N–H and O–H groups in total. The first-order chi connectivity index (χ1) is 15.0. The van der Waals surface area contributed by atoms with Crippen molar-refractivity contribution in [1.82, 2.24) is 14.7 Å². The molecule has 0 saturated carbocycles. The number of aromatic nitrogens is 2. The molecular formula is C22H19F4N3O3. The summed E-state index contributed by atoms with van der Waals surface area (Å²) in [7, 11) is 2.73. The van der Waals surface area contributed by atoms with Gasteiger partial charge in [-0.05, 0) is 42.8 Å². The highest BCUT2D eigenvalue weighted by atomic mass is 19.4. The van der Waals surface area contributed by atoms with Crippen LogP contribution in [-0.2, 0) is 12.7 Å². The van der Waals surface area contributed by atoms with Gasteiger partial charge in [0, 0.05) is 25.4 Å². The van der Waals surface area contributed by atoms with Crippen LogP contribution < -0.4 is 10.2 Å². The smallest absolute Gasteiger partial charge is 0.416 e. The average molecular weight is 449 g/mol. The summed E-state index contributed by atoms with van der Waals surface area (Å²) in [6, 6.07) is 9.69. The van der Waals surface area contributed by atoms with E-state index in [1.165, 1.54) is 45.3 Å². The Morgan fingerprint density at radius 2 is 1.88 bits per heavy atom. The summed E-state index contributed by atoms with van der Waals surface area (Å²) in [5.74, 6) is -1.31. The second kappa shape index (κ2) is 8.81. The Morgan fingerprint density at radius 1 is 1.16 bits per heavy atom. The van der Waals surface area contributed by atoms with Crippen molar-refractivity contribution < 1.29 is 27.1 Å². The van der Waals surface area contributed by atoms with Gasteiger partial charge in [-0.15, -0.1) is 0 Å². The summed E-state index contributed by atoms with van der Waals surface area (Å²) >= 11 is 0. The second-order valence-electron chi connectivity index (χ2n) is 7.09. The number of carbonyl (C=O) groups excluding carboxylic acids is 1. The van der Waals surface area contributed by atoms with Crippen LogP contribution in [0.1, 0.15) is 27.3 Å². The number of rotatable bonds is 5. The molecule has 0 bridgehead atoms. The van der Waals surface area contributed by atoms with Crippen LogP contribution in [0.25, 0.3) is 5.69 Å². The van der Waals surface area contributed by atoms with Crippen molar-refractivity contribution in [3.63, 3.8) is 0 Å². The van der Waals surface area contributed by atoms with Gasteiger partial charge in [0.05, 0.1) is 18.4 Å². The Balaban J connectivity index is 1.94. The van der Waals surface area contributed by atoms with Gasteiger partial charge in [0.25, 0.3) is 5.91 Å². The van der Waals surface area contributed by atoms with Crippen LogP contribution in [0.4, 0.5) is 17.6 Å². The third-order valence-corrected chi connectivity index (χ3v) is 4.71. The minimum absolute atomic E-state index is 0.0295. The number of aryl methyl sites for hydroxylation is 1. The Labute approximate surface area is 180 Å². The number of nitrogens with zero attached hydrogens (tertiary/aromatic N) is 3. The molecule has 10 heteroatoms. The first kappa shape index (κ1) is 23.0. The van der Waals surface area contributed by atoms with Crippen molar-refractivity contribution in [2.45, 2.75) is 19.6 Å². The lowest BCUT2D eigenvalue weighted by Crippen LogP contribution is -2.33. The maximum Gasteiger partial charge on any atom is 0.416 e. The number of amides is 1. The molecule has 0 aliphatic carbocycles. The Hall–Kier alpha value is -3.69. The van der Waals surface area contributed by atoms with E-state index in [2.05, 4.69) is 5.10 Å². The molecule has 0 atom stereocenters. The number of ether oxygens (including phenoxy) is 1. The van der Waals surface area contributed by atoms with Crippen molar-refractivity contribution >= 4 is 5.91 Å². The predicted molar refractivity (Wildman–Crippen MR) is 108 cm³/mol. The van der Waals surface area contributed by atoms with Crippen LogP contribution in [0.2, 0.25) is 0 Å². The molecule has 1 aromatic heterocycles. The summed E-state index contributed by atoms with van der Waals surface area (Å²) in [5, 5.41) is 4.02. The molecule has 3 aromatic rings. The number of hydrogen-bond acceptors (Lipinski definition) is 4. The van der Waals surface area contributed by atoms with Gasteiger partial charge in [-0.25, -0.2) is 9.07 Å². The number of halogens is 4. The van der Waals surface area contributed by atoms with E-state index in [1.54, 1.807) is 6.07 Å². The van der Waals surface area contributed by atoms with Gasteiger partial charge < -0.3 is 9.64 Å². The normalized spacial score (nSPS) is 11.3. The Kier molecular flexibility index (Phi) is 6.33. The van der Waals surface area contributed by atoms with E-state index >= 15 is 0 Å². The molecule has 0 fully saturated rings. The van der Waals surface area contributed by atoms with Crippen LogP contribution in [0.15, 0.2) is 53.3 Å². The second-order valence-corrected chi connectivity index (χ2v) is 7.09. The fourth-order valence-electron chi connectivity index (χ4n) is 3.11. The van der Waals surface area contributed by atoms with E-state index in [1.807, 2.05) is 0 Å². The van der Waals surface area contributed by atoms with E-state index in [0.717, 1.165) is 27.8 Å². The quantitative estimate of drug-likeness (QED) is 0.553. The minimum atomic E-state index is -4.56. The summed E-state index contributed by atoms with van der Waals surface area (Å²) in [6.45, 7) is 1.46. The van der Waals surface area contributed by atoms with E-state index in [-0.39, 0.29) is 23.7 Å². The summed E-state index contributed by atoms with van der Waals surface area (Å²) in [6.07, 6.45) is -4.56. The topological polar surface area (TPSA) is 64.4 Å². The number of methoxy groups -OCH3 is 1.